The molecule has 1 rings (SSSR count). The van der Waals surface area contributed by atoms with Gasteiger partial charge in [0.25, 0.3) is 5.91 Å². The van der Waals surface area contributed by atoms with Gasteiger partial charge in [0, 0.05) is 12.7 Å². The minimum atomic E-state index is -1.37. The van der Waals surface area contributed by atoms with E-state index in [2.05, 4.69) is 0 Å². The Morgan fingerprint density at radius 2 is 1.78 bits per heavy atom. The molecular weight excluding hydrogens is 230 g/mol. The van der Waals surface area contributed by atoms with E-state index in [-0.39, 0.29) is 12.0 Å². The number of benzene rings is 1. The molecule has 0 aliphatic rings. The number of rotatable bonds is 4. The molecule has 0 fully saturated rings. The summed E-state index contributed by atoms with van der Waals surface area (Å²) < 4.78 is 5.52. The van der Waals surface area contributed by atoms with E-state index in [1.165, 1.54) is 18.7 Å². The number of ether oxygens (including phenoxy) is 1. The topological polar surface area (TPSA) is 49.8 Å². The second kappa shape index (κ2) is 5.40. The highest BCUT2D eigenvalue weighted by Gasteiger charge is 2.27. The molecule has 0 saturated heterocycles. The molecule has 1 amide bonds. The van der Waals surface area contributed by atoms with E-state index < -0.39 is 5.60 Å². The average Bonchev–Trinajstić information content (AvgIpc) is 2.26. The van der Waals surface area contributed by atoms with E-state index in [4.69, 9.17) is 4.74 Å². The fraction of sp³-hybridized carbons (Fsp3) is 0.500. The van der Waals surface area contributed by atoms with E-state index in [0.29, 0.717) is 0 Å². The zero-order valence-electron chi connectivity index (χ0n) is 11.6. The molecule has 0 heterocycles. The smallest absolute Gasteiger partial charge is 0.258 e. The first-order valence-electron chi connectivity index (χ1n) is 5.99. The molecule has 0 radical (unpaired) electrons. The third kappa shape index (κ3) is 3.74. The van der Waals surface area contributed by atoms with Gasteiger partial charge in [0.05, 0.1) is 6.10 Å². The second-order valence-electron chi connectivity index (χ2n) is 5.08. The molecule has 0 aliphatic carbocycles. The van der Waals surface area contributed by atoms with Gasteiger partial charge in [-0.2, -0.15) is 0 Å². The fourth-order valence-corrected chi connectivity index (χ4v) is 1.55. The summed E-state index contributed by atoms with van der Waals surface area (Å²) >= 11 is 0. The van der Waals surface area contributed by atoms with Crippen molar-refractivity contribution in [2.45, 2.75) is 39.4 Å². The van der Waals surface area contributed by atoms with Crippen LogP contribution in [0, 0.1) is 0 Å². The summed E-state index contributed by atoms with van der Waals surface area (Å²) in [6.45, 7) is 6.86. The molecule has 4 nitrogen and oxygen atoms in total. The maximum Gasteiger partial charge on any atom is 0.258 e. The number of anilines is 1. The van der Waals surface area contributed by atoms with E-state index in [1.54, 1.807) is 19.2 Å². The van der Waals surface area contributed by atoms with Crippen molar-refractivity contribution in [3.63, 3.8) is 0 Å². The molecular formula is C14H21NO3. The molecule has 0 unspecified atom stereocenters. The van der Waals surface area contributed by atoms with Crippen molar-refractivity contribution in [2.24, 2.45) is 0 Å². The summed E-state index contributed by atoms with van der Waals surface area (Å²) in [6.07, 6.45) is 0.117. The molecule has 1 N–H and O–H groups in total. The number of hydrogen-bond acceptors (Lipinski definition) is 3. The molecule has 0 spiro atoms. The lowest BCUT2D eigenvalue weighted by Crippen LogP contribution is -2.43. The molecule has 100 valence electrons. The van der Waals surface area contributed by atoms with Crippen LogP contribution < -0.4 is 9.64 Å². The Hall–Kier alpha value is -1.55. The lowest BCUT2D eigenvalue weighted by atomic mass is 10.1. The Balaban J connectivity index is 2.82. The lowest BCUT2D eigenvalue weighted by Gasteiger charge is -2.25. The van der Waals surface area contributed by atoms with Crippen molar-refractivity contribution < 1.29 is 14.6 Å². The Morgan fingerprint density at radius 1 is 1.28 bits per heavy atom. The van der Waals surface area contributed by atoms with Crippen molar-refractivity contribution in [3.8, 4) is 5.75 Å². The van der Waals surface area contributed by atoms with Gasteiger partial charge in [0.2, 0.25) is 0 Å². The van der Waals surface area contributed by atoms with Gasteiger partial charge in [0.15, 0.2) is 0 Å². The third-order valence-electron chi connectivity index (χ3n) is 2.42. The van der Waals surface area contributed by atoms with Crippen molar-refractivity contribution in [2.75, 3.05) is 11.9 Å². The Kier molecular flexibility index (Phi) is 4.35. The molecule has 0 aromatic heterocycles. The van der Waals surface area contributed by atoms with Gasteiger partial charge >= 0.3 is 0 Å². The first kappa shape index (κ1) is 14.5. The first-order chi connectivity index (χ1) is 8.21. The van der Waals surface area contributed by atoms with Gasteiger partial charge in [-0.1, -0.05) is 0 Å². The van der Waals surface area contributed by atoms with Gasteiger partial charge in [-0.15, -0.1) is 0 Å². The minimum absolute atomic E-state index is 0.117. The summed E-state index contributed by atoms with van der Waals surface area (Å²) in [5.41, 5.74) is -0.653. The highest BCUT2D eigenvalue weighted by Crippen LogP contribution is 2.21. The fourth-order valence-electron chi connectivity index (χ4n) is 1.55. The van der Waals surface area contributed by atoms with Crippen LogP contribution >= 0.6 is 0 Å². The van der Waals surface area contributed by atoms with Gasteiger partial charge in [-0.05, 0) is 52.0 Å². The van der Waals surface area contributed by atoms with Crippen LogP contribution in [0.5, 0.6) is 5.75 Å². The van der Waals surface area contributed by atoms with Crippen molar-refractivity contribution in [1.29, 1.82) is 0 Å². The highest BCUT2D eigenvalue weighted by molar-refractivity contribution is 5.98. The van der Waals surface area contributed by atoms with Crippen LogP contribution in [0.25, 0.3) is 0 Å². The van der Waals surface area contributed by atoms with E-state index in [9.17, 15) is 9.90 Å². The van der Waals surface area contributed by atoms with E-state index in [1.807, 2.05) is 26.0 Å². The summed E-state index contributed by atoms with van der Waals surface area (Å²) in [4.78, 5) is 13.3. The van der Waals surface area contributed by atoms with Gasteiger partial charge in [0.1, 0.15) is 11.4 Å². The minimum Gasteiger partial charge on any atom is -0.491 e. The average molecular weight is 251 g/mol. The monoisotopic (exact) mass is 251 g/mol. The second-order valence-corrected chi connectivity index (χ2v) is 5.08. The maximum atomic E-state index is 11.9. The highest BCUT2D eigenvalue weighted by atomic mass is 16.5. The number of nitrogens with zero attached hydrogens (tertiary/aromatic N) is 1. The quantitative estimate of drug-likeness (QED) is 0.892. The van der Waals surface area contributed by atoms with Crippen molar-refractivity contribution in [3.05, 3.63) is 24.3 Å². The van der Waals surface area contributed by atoms with E-state index >= 15 is 0 Å². The largest absolute Gasteiger partial charge is 0.491 e. The first-order valence-corrected chi connectivity index (χ1v) is 5.99. The predicted octanol–water partition coefficient (Wildman–Crippen LogP) is 2.21. The lowest BCUT2D eigenvalue weighted by molar-refractivity contribution is -0.133. The summed E-state index contributed by atoms with van der Waals surface area (Å²) in [6, 6.07) is 7.20. The zero-order valence-corrected chi connectivity index (χ0v) is 11.6. The Bertz CT molecular complexity index is 404. The number of carbonyl (C=O) groups is 1. The zero-order chi connectivity index (χ0) is 13.9. The van der Waals surface area contributed by atoms with Crippen LogP contribution in [0.2, 0.25) is 0 Å². The van der Waals surface area contributed by atoms with Gasteiger partial charge in [-0.25, -0.2) is 0 Å². The van der Waals surface area contributed by atoms with Crippen LogP contribution in [0.4, 0.5) is 5.69 Å². The summed E-state index contributed by atoms with van der Waals surface area (Å²) in [5, 5.41) is 9.68. The molecule has 1 aromatic carbocycles. The molecule has 0 atom stereocenters. The normalized spacial score (nSPS) is 11.5. The number of amides is 1. The Morgan fingerprint density at radius 3 is 2.17 bits per heavy atom. The van der Waals surface area contributed by atoms with Crippen molar-refractivity contribution in [1.82, 2.24) is 0 Å². The van der Waals surface area contributed by atoms with Crippen LogP contribution in [-0.4, -0.2) is 29.8 Å². The molecule has 0 saturated carbocycles. The SMILES string of the molecule is CC(C)Oc1ccc(N(C)C(=O)C(C)(C)O)cc1. The van der Waals surface area contributed by atoms with Gasteiger partial charge in [-0.3, -0.25) is 4.79 Å². The number of aliphatic hydroxyl groups is 1. The number of carbonyl (C=O) groups excluding carboxylic acids is 1. The number of hydrogen-bond donors (Lipinski definition) is 1. The van der Waals surface area contributed by atoms with Crippen LogP contribution in [0.1, 0.15) is 27.7 Å². The maximum absolute atomic E-state index is 11.9. The molecule has 1 aromatic rings. The van der Waals surface area contributed by atoms with Crippen LogP contribution in [-0.2, 0) is 4.79 Å². The van der Waals surface area contributed by atoms with Gasteiger partial charge < -0.3 is 14.7 Å². The Labute approximate surface area is 108 Å². The molecule has 4 heteroatoms. The van der Waals surface area contributed by atoms with E-state index in [0.717, 1.165) is 11.4 Å². The predicted molar refractivity (Wildman–Crippen MR) is 71.9 cm³/mol. The number of likely N-dealkylation sites (N-methyl/N-ethyl adjacent to an activating group) is 1. The van der Waals surface area contributed by atoms with Crippen molar-refractivity contribution >= 4 is 11.6 Å². The van der Waals surface area contributed by atoms with Crippen LogP contribution in [0.15, 0.2) is 24.3 Å². The standard InChI is InChI=1S/C14H21NO3/c1-10(2)18-12-8-6-11(7-9-12)15(5)13(16)14(3,4)17/h6-10,17H,1-5H3. The third-order valence-corrected chi connectivity index (χ3v) is 2.42. The summed E-state index contributed by atoms with van der Waals surface area (Å²) in [5.74, 6) is 0.415. The molecule has 18 heavy (non-hydrogen) atoms. The summed E-state index contributed by atoms with van der Waals surface area (Å²) in [7, 11) is 1.64. The molecule has 0 aliphatic heterocycles. The van der Waals surface area contributed by atoms with Crippen LogP contribution in [0.3, 0.4) is 0 Å². The molecule has 0 bridgehead atoms.